The van der Waals surface area contributed by atoms with E-state index < -0.39 is 0 Å². The van der Waals surface area contributed by atoms with Crippen molar-refractivity contribution in [2.45, 2.75) is 33.6 Å². The van der Waals surface area contributed by atoms with Gasteiger partial charge in [0.2, 0.25) is 0 Å². The molecule has 0 amide bonds. The van der Waals surface area contributed by atoms with Crippen LogP contribution < -0.4 is 5.32 Å². The predicted octanol–water partition coefficient (Wildman–Crippen LogP) is 3.65. The lowest BCUT2D eigenvalue weighted by molar-refractivity contribution is 0.727. The van der Waals surface area contributed by atoms with Crippen LogP contribution in [0.15, 0.2) is 30.3 Å². The largest absolute Gasteiger partial charge is 0.317 e. The summed E-state index contributed by atoms with van der Waals surface area (Å²) in [5.74, 6) is 0. The molecule has 1 rings (SSSR count). The first-order chi connectivity index (χ1) is 7.77. The molecule has 0 unspecified atom stereocenters. The van der Waals surface area contributed by atoms with Crippen LogP contribution in [0.1, 0.15) is 38.3 Å². The van der Waals surface area contributed by atoms with Crippen LogP contribution in [0.5, 0.6) is 0 Å². The lowest BCUT2D eigenvalue weighted by atomic mass is 10.0. The van der Waals surface area contributed by atoms with E-state index >= 15 is 0 Å². The minimum Gasteiger partial charge on any atom is -0.317 e. The molecular weight excluding hydrogens is 194 g/mol. The highest BCUT2D eigenvalue weighted by atomic mass is 14.8. The summed E-state index contributed by atoms with van der Waals surface area (Å²) in [6.45, 7) is 8.66. The van der Waals surface area contributed by atoms with Crippen molar-refractivity contribution in [2.24, 2.45) is 0 Å². The van der Waals surface area contributed by atoms with Crippen LogP contribution in [-0.2, 0) is 6.42 Å². The summed E-state index contributed by atoms with van der Waals surface area (Å²) >= 11 is 0. The molecule has 0 bridgehead atoms. The summed E-state index contributed by atoms with van der Waals surface area (Å²) < 4.78 is 0. The SMILES string of the molecule is CCNCC/C=C(/C)c1cccc(CC)c1. The Morgan fingerprint density at radius 2 is 2.12 bits per heavy atom. The first-order valence-electron chi connectivity index (χ1n) is 6.24. The number of aryl methyl sites for hydroxylation is 1. The van der Waals surface area contributed by atoms with Crippen LogP contribution in [0.4, 0.5) is 0 Å². The molecule has 1 nitrogen and oxygen atoms in total. The maximum atomic E-state index is 3.33. The lowest BCUT2D eigenvalue weighted by Gasteiger charge is -2.04. The molecule has 1 aromatic rings. The lowest BCUT2D eigenvalue weighted by Crippen LogP contribution is -2.13. The summed E-state index contributed by atoms with van der Waals surface area (Å²) in [5.41, 5.74) is 4.15. The fourth-order valence-electron chi connectivity index (χ4n) is 1.72. The molecule has 0 heterocycles. The fraction of sp³-hybridized carbons (Fsp3) is 0.467. The number of rotatable bonds is 6. The highest BCUT2D eigenvalue weighted by Gasteiger charge is 1.96. The van der Waals surface area contributed by atoms with Gasteiger partial charge in [0.15, 0.2) is 0 Å². The molecule has 0 saturated heterocycles. The molecule has 1 aromatic carbocycles. The number of allylic oxidation sites excluding steroid dienone is 1. The molecule has 88 valence electrons. The number of hydrogen-bond acceptors (Lipinski definition) is 1. The van der Waals surface area contributed by atoms with E-state index in [2.05, 4.69) is 56.4 Å². The smallest absolute Gasteiger partial charge is 0.00142 e. The van der Waals surface area contributed by atoms with Crippen LogP contribution in [0, 0.1) is 0 Å². The maximum Gasteiger partial charge on any atom is -0.00142 e. The van der Waals surface area contributed by atoms with Gasteiger partial charge in [-0.15, -0.1) is 0 Å². The summed E-state index contributed by atoms with van der Waals surface area (Å²) in [6, 6.07) is 8.82. The zero-order valence-corrected chi connectivity index (χ0v) is 10.7. The van der Waals surface area contributed by atoms with Gasteiger partial charge < -0.3 is 5.32 Å². The molecule has 0 aliphatic rings. The Morgan fingerprint density at radius 3 is 2.81 bits per heavy atom. The predicted molar refractivity (Wildman–Crippen MR) is 72.6 cm³/mol. The van der Waals surface area contributed by atoms with E-state index in [4.69, 9.17) is 0 Å². The molecule has 0 aliphatic heterocycles. The van der Waals surface area contributed by atoms with Crippen LogP contribution in [0.25, 0.3) is 5.57 Å². The van der Waals surface area contributed by atoms with Crippen molar-refractivity contribution in [1.82, 2.24) is 5.32 Å². The maximum absolute atomic E-state index is 3.33. The average Bonchev–Trinajstić information content (AvgIpc) is 2.34. The summed E-state index contributed by atoms with van der Waals surface area (Å²) in [5, 5.41) is 3.33. The van der Waals surface area contributed by atoms with E-state index in [-0.39, 0.29) is 0 Å². The molecule has 0 spiro atoms. The van der Waals surface area contributed by atoms with Crippen molar-refractivity contribution in [3.63, 3.8) is 0 Å². The minimum atomic E-state index is 1.05. The summed E-state index contributed by atoms with van der Waals surface area (Å²) in [7, 11) is 0. The average molecular weight is 217 g/mol. The molecule has 1 N–H and O–H groups in total. The standard InChI is InChI=1S/C15H23N/c1-4-14-9-6-10-15(12-14)13(3)8-7-11-16-5-2/h6,8-10,12,16H,4-5,7,11H2,1-3H3/b13-8-. The minimum absolute atomic E-state index is 1.05. The third kappa shape index (κ3) is 4.19. The van der Waals surface area contributed by atoms with Gasteiger partial charge in [-0.1, -0.05) is 44.2 Å². The van der Waals surface area contributed by atoms with Gasteiger partial charge >= 0.3 is 0 Å². The molecule has 16 heavy (non-hydrogen) atoms. The van der Waals surface area contributed by atoms with Gasteiger partial charge in [-0.2, -0.15) is 0 Å². The van der Waals surface area contributed by atoms with Gasteiger partial charge in [0.25, 0.3) is 0 Å². The van der Waals surface area contributed by atoms with Gasteiger partial charge in [-0.3, -0.25) is 0 Å². The van der Waals surface area contributed by atoms with Crippen LogP contribution in [0.2, 0.25) is 0 Å². The van der Waals surface area contributed by atoms with E-state index in [0.717, 1.165) is 25.9 Å². The number of nitrogens with one attached hydrogen (secondary N) is 1. The van der Waals surface area contributed by atoms with Gasteiger partial charge in [0.05, 0.1) is 0 Å². The van der Waals surface area contributed by atoms with Gasteiger partial charge in [0.1, 0.15) is 0 Å². The molecule has 0 radical (unpaired) electrons. The molecule has 0 aromatic heterocycles. The first kappa shape index (κ1) is 13.0. The summed E-state index contributed by atoms with van der Waals surface area (Å²) in [4.78, 5) is 0. The molecule has 0 saturated carbocycles. The van der Waals surface area contributed by atoms with E-state index in [1.807, 2.05) is 0 Å². The third-order valence-corrected chi connectivity index (χ3v) is 2.81. The van der Waals surface area contributed by atoms with Gasteiger partial charge in [-0.25, -0.2) is 0 Å². The third-order valence-electron chi connectivity index (χ3n) is 2.81. The normalized spacial score (nSPS) is 11.8. The van der Waals surface area contributed by atoms with E-state index in [1.54, 1.807) is 0 Å². The molecular formula is C15H23N. The molecule has 0 atom stereocenters. The molecule has 1 heteroatoms. The summed E-state index contributed by atoms with van der Waals surface area (Å²) in [6.07, 6.45) is 4.53. The van der Waals surface area contributed by atoms with Crippen molar-refractivity contribution in [3.8, 4) is 0 Å². The number of benzene rings is 1. The topological polar surface area (TPSA) is 12.0 Å². The monoisotopic (exact) mass is 217 g/mol. The van der Waals surface area contributed by atoms with Crippen molar-refractivity contribution < 1.29 is 0 Å². The van der Waals surface area contributed by atoms with Crippen LogP contribution >= 0.6 is 0 Å². The molecule has 0 aliphatic carbocycles. The van der Waals surface area contributed by atoms with Crippen LogP contribution in [-0.4, -0.2) is 13.1 Å². The van der Waals surface area contributed by atoms with Crippen molar-refractivity contribution >= 4 is 5.57 Å². The van der Waals surface area contributed by atoms with Crippen molar-refractivity contribution in [2.75, 3.05) is 13.1 Å². The van der Waals surface area contributed by atoms with Crippen molar-refractivity contribution in [3.05, 3.63) is 41.5 Å². The Labute approximate surface area is 99.6 Å². The van der Waals surface area contributed by atoms with E-state index in [1.165, 1.54) is 16.7 Å². The highest BCUT2D eigenvalue weighted by molar-refractivity contribution is 5.64. The van der Waals surface area contributed by atoms with Crippen LogP contribution in [0.3, 0.4) is 0 Å². The first-order valence-corrected chi connectivity index (χ1v) is 6.24. The molecule has 0 fully saturated rings. The zero-order chi connectivity index (χ0) is 11.8. The van der Waals surface area contributed by atoms with Crippen molar-refractivity contribution in [1.29, 1.82) is 0 Å². The Balaban J connectivity index is 2.60. The second-order valence-corrected chi connectivity index (χ2v) is 4.08. The van der Waals surface area contributed by atoms with E-state index in [0.29, 0.717) is 0 Å². The Kier molecular flexibility index (Phi) is 5.87. The highest BCUT2D eigenvalue weighted by Crippen LogP contribution is 2.16. The Bertz CT molecular complexity index is 339. The number of hydrogen-bond donors (Lipinski definition) is 1. The quantitative estimate of drug-likeness (QED) is 0.717. The second kappa shape index (κ2) is 7.24. The Hall–Kier alpha value is -1.08. The van der Waals surface area contributed by atoms with Gasteiger partial charge in [-0.05, 0) is 49.6 Å². The zero-order valence-electron chi connectivity index (χ0n) is 10.7. The Morgan fingerprint density at radius 1 is 1.31 bits per heavy atom. The van der Waals surface area contributed by atoms with E-state index in [9.17, 15) is 0 Å². The fourth-order valence-corrected chi connectivity index (χ4v) is 1.72. The van der Waals surface area contributed by atoms with Gasteiger partial charge in [0, 0.05) is 0 Å². The second-order valence-electron chi connectivity index (χ2n) is 4.08.